The van der Waals surface area contributed by atoms with Crippen LogP contribution in [0.25, 0.3) is 0 Å². The third kappa shape index (κ3) is 4.67. The van der Waals surface area contributed by atoms with Gasteiger partial charge in [0.1, 0.15) is 0 Å². The molecule has 0 spiro atoms. The van der Waals surface area contributed by atoms with Gasteiger partial charge < -0.3 is 15.7 Å². The van der Waals surface area contributed by atoms with Gasteiger partial charge in [-0.2, -0.15) is 0 Å². The maximum Gasteiger partial charge on any atom is 0.335 e. The largest absolute Gasteiger partial charge is 0.478 e. The van der Waals surface area contributed by atoms with Crippen molar-refractivity contribution in [2.75, 3.05) is 5.32 Å². The smallest absolute Gasteiger partial charge is 0.335 e. The number of rotatable bonds is 6. The van der Waals surface area contributed by atoms with Gasteiger partial charge in [-0.15, -0.1) is 0 Å². The SMILES string of the molecule is CCC(=O)Nc1cccc(C(=O)NCc2ccc(C(=O)O)cc2)c1. The zero-order chi connectivity index (χ0) is 17.5. The molecule has 0 aliphatic carbocycles. The van der Waals surface area contributed by atoms with Crippen molar-refractivity contribution in [1.29, 1.82) is 0 Å². The van der Waals surface area contributed by atoms with Gasteiger partial charge in [-0.3, -0.25) is 9.59 Å². The van der Waals surface area contributed by atoms with E-state index in [-0.39, 0.29) is 23.9 Å². The molecule has 2 aromatic rings. The maximum atomic E-state index is 12.2. The highest BCUT2D eigenvalue weighted by molar-refractivity contribution is 5.97. The van der Waals surface area contributed by atoms with Crippen molar-refractivity contribution < 1.29 is 19.5 Å². The Kier molecular flexibility index (Phi) is 5.68. The van der Waals surface area contributed by atoms with Gasteiger partial charge >= 0.3 is 5.97 Å². The summed E-state index contributed by atoms with van der Waals surface area (Å²) in [6.45, 7) is 2.03. The fraction of sp³-hybridized carbons (Fsp3) is 0.167. The summed E-state index contributed by atoms with van der Waals surface area (Å²) < 4.78 is 0. The molecule has 0 saturated carbocycles. The van der Waals surface area contributed by atoms with Crippen molar-refractivity contribution in [1.82, 2.24) is 5.32 Å². The van der Waals surface area contributed by atoms with E-state index in [1.54, 1.807) is 43.3 Å². The van der Waals surface area contributed by atoms with Crippen LogP contribution in [0.5, 0.6) is 0 Å². The highest BCUT2D eigenvalue weighted by atomic mass is 16.4. The number of nitrogens with one attached hydrogen (secondary N) is 2. The summed E-state index contributed by atoms with van der Waals surface area (Å²) in [5, 5.41) is 14.3. The zero-order valence-corrected chi connectivity index (χ0v) is 13.2. The molecule has 6 nitrogen and oxygen atoms in total. The van der Waals surface area contributed by atoms with E-state index in [4.69, 9.17) is 5.11 Å². The first kappa shape index (κ1) is 17.2. The summed E-state index contributed by atoms with van der Waals surface area (Å²) in [6, 6.07) is 13.0. The third-order valence-electron chi connectivity index (χ3n) is 3.38. The van der Waals surface area contributed by atoms with Gasteiger partial charge in [0.25, 0.3) is 5.91 Å². The first-order valence-electron chi connectivity index (χ1n) is 7.50. The molecule has 0 radical (unpaired) electrons. The third-order valence-corrected chi connectivity index (χ3v) is 3.38. The molecular weight excluding hydrogens is 308 g/mol. The predicted molar refractivity (Wildman–Crippen MR) is 89.9 cm³/mol. The molecule has 0 aromatic heterocycles. The highest BCUT2D eigenvalue weighted by Crippen LogP contribution is 2.11. The Labute approximate surface area is 139 Å². The van der Waals surface area contributed by atoms with Crippen LogP contribution in [-0.4, -0.2) is 22.9 Å². The van der Waals surface area contributed by atoms with Gasteiger partial charge in [0, 0.05) is 24.2 Å². The minimum absolute atomic E-state index is 0.119. The van der Waals surface area contributed by atoms with E-state index in [1.807, 2.05) is 0 Å². The fourth-order valence-corrected chi connectivity index (χ4v) is 2.04. The number of hydrogen-bond donors (Lipinski definition) is 3. The van der Waals surface area contributed by atoms with E-state index in [0.717, 1.165) is 5.56 Å². The summed E-state index contributed by atoms with van der Waals surface area (Å²) in [5.74, 6) is -1.38. The van der Waals surface area contributed by atoms with Crippen molar-refractivity contribution in [3.63, 3.8) is 0 Å². The van der Waals surface area contributed by atoms with Crippen LogP contribution in [0.4, 0.5) is 5.69 Å². The molecule has 124 valence electrons. The molecule has 0 saturated heterocycles. The average molecular weight is 326 g/mol. The quantitative estimate of drug-likeness (QED) is 0.760. The Morgan fingerprint density at radius 2 is 1.71 bits per heavy atom. The monoisotopic (exact) mass is 326 g/mol. The molecule has 0 bridgehead atoms. The molecule has 3 N–H and O–H groups in total. The lowest BCUT2D eigenvalue weighted by atomic mass is 10.1. The van der Waals surface area contributed by atoms with Crippen LogP contribution in [0.1, 0.15) is 39.6 Å². The van der Waals surface area contributed by atoms with E-state index in [0.29, 0.717) is 17.7 Å². The van der Waals surface area contributed by atoms with Gasteiger partial charge in [-0.25, -0.2) is 4.79 Å². The molecule has 0 fully saturated rings. The van der Waals surface area contributed by atoms with Gasteiger partial charge in [0.15, 0.2) is 0 Å². The van der Waals surface area contributed by atoms with E-state index in [9.17, 15) is 14.4 Å². The molecule has 0 heterocycles. The normalized spacial score (nSPS) is 10.0. The van der Waals surface area contributed by atoms with Crippen LogP contribution >= 0.6 is 0 Å². The molecule has 0 unspecified atom stereocenters. The summed E-state index contributed by atoms with van der Waals surface area (Å²) in [6.07, 6.45) is 0.364. The minimum atomic E-state index is -0.989. The molecule has 0 aliphatic rings. The zero-order valence-electron chi connectivity index (χ0n) is 13.2. The Morgan fingerprint density at radius 3 is 2.33 bits per heavy atom. The van der Waals surface area contributed by atoms with Crippen LogP contribution in [0.15, 0.2) is 48.5 Å². The topological polar surface area (TPSA) is 95.5 Å². The molecule has 2 aromatic carbocycles. The van der Waals surface area contributed by atoms with E-state index < -0.39 is 5.97 Å². The van der Waals surface area contributed by atoms with E-state index >= 15 is 0 Å². The van der Waals surface area contributed by atoms with E-state index in [1.165, 1.54) is 12.1 Å². The number of amides is 2. The van der Waals surface area contributed by atoms with Gasteiger partial charge in [-0.1, -0.05) is 25.1 Å². The number of carboxylic acid groups (broad SMARTS) is 1. The van der Waals surface area contributed by atoms with E-state index in [2.05, 4.69) is 10.6 Å². The lowest BCUT2D eigenvalue weighted by Gasteiger charge is -2.08. The van der Waals surface area contributed by atoms with Crippen LogP contribution < -0.4 is 10.6 Å². The van der Waals surface area contributed by atoms with Gasteiger partial charge in [0.05, 0.1) is 5.56 Å². The molecule has 24 heavy (non-hydrogen) atoms. The van der Waals surface area contributed by atoms with Crippen molar-refractivity contribution in [2.24, 2.45) is 0 Å². The second-order valence-corrected chi connectivity index (χ2v) is 5.17. The average Bonchev–Trinajstić information content (AvgIpc) is 2.60. The van der Waals surface area contributed by atoms with Crippen molar-refractivity contribution in [2.45, 2.75) is 19.9 Å². The second kappa shape index (κ2) is 7.92. The molecule has 2 amide bonds. The minimum Gasteiger partial charge on any atom is -0.478 e. The number of benzene rings is 2. The standard InChI is InChI=1S/C18H18N2O4/c1-2-16(21)20-15-5-3-4-14(10-15)17(22)19-11-12-6-8-13(9-7-12)18(23)24/h3-10H,2,11H2,1H3,(H,19,22)(H,20,21)(H,23,24). The summed E-state index contributed by atoms with van der Waals surface area (Å²) in [4.78, 5) is 34.4. The highest BCUT2D eigenvalue weighted by Gasteiger charge is 2.08. The predicted octanol–water partition coefficient (Wildman–Crippen LogP) is 2.66. The van der Waals surface area contributed by atoms with Crippen LogP contribution in [-0.2, 0) is 11.3 Å². The summed E-state index contributed by atoms with van der Waals surface area (Å²) in [7, 11) is 0. The van der Waals surface area contributed by atoms with Gasteiger partial charge in [-0.05, 0) is 35.9 Å². The summed E-state index contributed by atoms with van der Waals surface area (Å²) >= 11 is 0. The molecule has 0 aliphatic heterocycles. The molecule has 6 heteroatoms. The number of hydrogen-bond acceptors (Lipinski definition) is 3. The Hall–Kier alpha value is -3.15. The first-order valence-corrected chi connectivity index (χ1v) is 7.50. The number of carbonyl (C=O) groups is 3. The van der Waals surface area contributed by atoms with Crippen LogP contribution in [0.3, 0.4) is 0 Å². The Morgan fingerprint density at radius 1 is 1.00 bits per heavy atom. The number of aromatic carboxylic acids is 1. The molecule has 2 rings (SSSR count). The number of carboxylic acids is 1. The van der Waals surface area contributed by atoms with Crippen molar-refractivity contribution >= 4 is 23.5 Å². The number of carbonyl (C=O) groups excluding carboxylic acids is 2. The van der Waals surface area contributed by atoms with Crippen LogP contribution in [0, 0.1) is 0 Å². The number of anilines is 1. The first-order chi connectivity index (χ1) is 11.5. The fourth-order valence-electron chi connectivity index (χ4n) is 2.04. The maximum absolute atomic E-state index is 12.2. The van der Waals surface area contributed by atoms with Crippen molar-refractivity contribution in [3.8, 4) is 0 Å². The van der Waals surface area contributed by atoms with Gasteiger partial charge in [0.2, 0.25) is 5.91 Å². The second-order valence-electron chi connectivity index (χ2n) is 5.17. The van der Waals surface area contributed by atoms with Crippen molar-refractivity contribution in [3.05, 3.63) is 65.2 Å². The molecular formula is C18H18N2O4. The Balaban J connectivity index is 1.98. The van der Waals surface area contributed by atoms with Crippen LogP contribution in [0.2, 0.25) is 0 Å². The Bertz CT molecular complexity index is 754. The lowest BCUT2D eigenvalue weighted by molar-refractivity contribution is -0.115. The molecule has 0 atom stereocenters. The lowest BCUT2D eigenvalue weighted by Crippen LogP contribution is -2.23. The summed E-state index contributed by atoms with van der Waals surface area (Å²) in [5.41, 5.74) is 2.00.